The van der Waals surface area contributed by atoms with Gasteiger partial charge in [0.2, 0.25) is 0 Å². The number of thiophene rings is 1. The Kier molecular flexibility index (Phi) is 2.92. The zero-order valence-electron chi connectivity index (χ0n) is 8.75. The van der Waals surface area contributed by atoms with Crippen LogP contribution in [0.15, 0.2) is 41.1 Å². The van der Waals surface area contributed by atoms with E-state index in [1.54, 1.807) is 42.3 Å². The van der Waals surface area contributed by atoms with Crippen molar-refractivity contribution in [3.63, 3.8) is 0 Å². The predicted molar refractivity (Wildman–Crippen MR) is 65.2 cm³/mol. The van der Waals surface area contributed by atoms with E-state index in [1.807, 2.05) is 10.8 Å². The predicted octanol–water partition coefficient (Wildman–Crippen LogP) is 2.73. The molecule has 2 rings (SSSR count). The summed E-state index contributed by atoms with van der Waals surface area (Å²) in [5, 5.41) is 12.9. The lowest BCUT2D eigenvalue weighted by molar-refractivity contribution is 0.0993. The van der Waals surface area contributed by atoms with Crippen molar-refractivity contribution in [2.45, 2.75) is 0 Å². The van der Waals surface area contributed by atoms with E-state index in [0.29, 0.717) is 5.56 Å². The third kappa shape index (κ3) is 2.06. The van der Waals surface area contributed by atoms with Crippen molar-refractivity contribution in [3.05, 3.63) is 46.7 Å². The van der Waals surface area contributed by atoms with E-state index in [0.717, 1.165) is 5.69 Å². The van der Waals surface area contributed by atoms with E-state index >= 15 is 0 Å². The van der Waals surface area contributed by atoms with Crippen molar-refractivity contribution in [1.29, 1.82) is 0 Å². The highest BCUT2D eigenvalue weighted by Crippen LogP contribution is 2.19. The molecule has 0 bridgehead atoms. The number of amides is 1. The number of hydrogen-bond donors (Lipinski definition) is 1. The lowest BCUT2D eigenvalue weighted by Crippen LogP contribution is -2.25. The van der Waals surface area contributed by atoms with Crippen LogP contribution >= 0.6 is 11.3 Å². The van der Waals surface area contributed by atoms with Crippen molar-refractivity contribution in [3.8, 4) is 5.75 Å². The van der Waals surface area contributed by atoms with Crippen LogP contribution in [0.1, 0.15) is 10.4 Å². The van der Waals surface area contributed by atoms with E-state index in [1.165, 1.54) is 11.3 Å². The van der Waals surface area contributed by atoms with Gasteiger partial charge in [-0.3, -0.25) is 4.79 Å². The molecule has 82 valence electrons. The fourth-order valence-corrected chi connectivity index (χ4v) is 2.00. The van der Waals surface area contributed by atoms with Crippen molar-refractivity contribution < 1.29 is 9.90 Å². The zero-order chi connectivity index (χ0) is 11.5. The monoisotopic (exact) mass is 233 g/mol. The lowest BCUT2D eigenvalue weighted by atomic mass is 10.2. The summed E-state index contributed by atoms with van der Waals surface area (Å²) in [4.78, 5) is 13.5. The summed E-state index contributed by atoms with van der Waals surface area (Å²) < 4.78 is 0. The molecule has 3 nitrogen and oxygen atoms in total. The average molecular weight is 233 g/mol. The van der Waals surface area contributed by atoms with Crippen LogP contribution in [0.25, 0.3) is 0 Å². The molecule has 0 atom stereocenters. The summed E-state index contributed by atoms with van der Waals surface area (Å²) in [6.07, 6.45) is 0. The van der Waals surface area contributed by atoms with Gasteiger partial charge in [0.25, 0.3) is 5.91 Å². The summed E-state index contributed by atoms with van der Waals surface area (Å²) in [6, 6.07) is 8.34. The van der Waals surface area contributed by atoms with Gasteiger partial charge in [0, 0.05) is 18.1 Å². The highest BCUT2D eigenvalue weighted by Gasteiger charge is 2.13. The molecule has 1 amide bonds. The van der Waals surface area contributed by atoms with Gasteiger partial charge in [-0.15, -0.1) is 0 Å². The molecule has 0 aliphatic heterocycles. The molecule has 1 aromatic carbocycles. The SMILES string of the molecule is CN(C(=O)c1ccsc1)c1ccc(O)cc1. The number of hydrogen-bond acceptors (Lipinski definition) is 3. The summed E-state index contributed by atoms with van der Waals surface area (Å²) >= 11 is 1.50. The molecule has 0 spiro atoms. The molecule has 4 heteroatoms. The average Bonchev–Trinajstić information content (AvgIpc) is 2.81. The topological polar surface area (TPSA) is 40.5 Å². The Morgan fingerprint density at radius 2 is 1.94 bits per heavy atom. The van der Waals surface area contributed by atoms with E-state index in [4.69, 9.17) is 5.11 Å². The zero-order valence-corrected chi connectivity index (χ0v) is 9.57. The first-order valence-corrected chi connectivity index (χ1v) is 5.72. The van der Waals surface area contributed by atoms with Crippen LogP contribution < -0.4 is 4.90 Å². The second-order valence-corrected chi connectivity index (χ2v) is 4.17. The molecule has 0 aliphatic rings. The Bertz CT molecular complexity index is 476. The summed E-state index contributed by atoms with van der Waals surface area (Å²) in [5.41, 5.74) is 1.44. The van der Waals surface area contributed by atoms with Gasteiger partial charge < -0.3 is 10.0 Å². The molecule has 0 aliphatic carbocycles. The number of rotatable bonds is 2. The first-order valence-electron chi connectivity index (χ1n) is 4.78. The van der Waals surface area contributed by atoms with Gasteiger partial charge >= 0.3 is 0 Å². The number of aromatic hydroxyl groups is 1. The van der Waals surface area contributed by atoms with Gasteiger partial charge in [-0.2, -0.15) is 11.3 Å². The Morgan fingerprint density at radius 3 is 2.50 bits per heavy atom. The molecule has 16 heavy (non-hydrogen) atoms. The molecular formula is C12H11NO2S. The van der Waals surface area contributed by atoms with Crippen molar-refractivity contribution in [1.82, 2.24) is 0 Å². The van der Waals surface area contributed by atoms with E-state index < -0.39 is 0 Å². The van der Waals surface area contributed by atoms with Crippen LogP contribution in [-0.4, -0.2) is 18.1 Å². The molecule has 0 saturated carbocycles. The van der Waals surface area contributed by atoms with Crippen LogP contribution in [0.3, 0.4) is 0 Å². The first-order chi connectivity index (χ1) is 7.68. The van der Waals surface area contributed by atoms with Crippen molar-refractivity contribution in [2.75, 3.05) is 11.9 Å². The molecule has 0 fully saturated rings. The number of phenolic OH excluding ortho intramolecular Hbond substituents is 1. The number of nitrogens with zero attached hydrogens (tertiary/aromatic N) is 1. The molecule has 0 radical (unpaired) electrons. The van der Waals surface area contributed by atoms with Crippen LogP contribution in [0.2, 0.25) is 0 Å². The second kappa shape index (κ2) is 4.37. The van der Waals surface area contributed by atoms with E-state index in [9.17, 15) is 4.79 Å². The number of benzene rings is 1. The Balaban J connectivity index is 2.22. The largest absolute Gasteiger partial charge is 0.508 e. The maximum atomic E-state index is 12.0. The minimum atomic E-state index is -0.0491. The summed E-state index contributed by atoms with van der Waals surface area (Å²) in [6.45, 7) is 0. The van der Waals surface area contributed by atoms with Gasteiger partial charge in [-0.1, -0.05) is 0 Å². The summed E-state index contributed by atoms with van der Waals surface area (Å²) in [7, 11) is 1.71. The van der Waals surface area contributed by atoms with Gasteiger partial charge in [0.15, 0.2) is 0 Å². The van der Waals surface area contributed by atoms with Gasteiger partial charge in [-0.05, 0) is 35.7 Å². The van der Waals surface area contributed by atoms with Crippen molar-refractivity contribution >= 4 is 22.9 Å². The third-order valence-electron chi connectivity index (χ3n) is 2.31. The lowest BCUT2D eigenvalue weighted by Gasteiger charge is -2.16. The Labute approximate surface area is 97.6 Å². The molecular weight excluding hydrogens is 222 g/mol. The maximum absolute atomic E-state index is 12.0. The Hall–Kier alpha value is -1.81. The molecule has 1 aromatic heterocycles. The van der Waals surface area contributed by atoms with Crippen LogP contribution in [0.4, 0.5) is 5.69 Å². The standard InChI is InChI=1S/C12H11NO2S/c1-13(10-2-4-11(14)5-3-10)12(15)9-6-7-16-8-9/h2-8,14H,1H3. The second-order valence-electron chi connectivity index (χ2n) is 3.39. The first kappa shape index (κ1) is 10.7. The number of anilines is 1. The smallest absolute Gasteiger partial charge is 0.258 e. The minimum absolute atomic E-state index is 0.0491. The number of carbonyl (C=O) groups is 1. The molecule has 1 N–H and O–H groups in total. The quantitative estimate of drug-likeness (QED) is 0.866. The normalized spacial score (nSPS) is 10.1. The molecule has 0 unspecified atom stereocenters. The molecule has 2 aromatic rings. The van der Waals surface area contributed by atoms with Gasteiger partial charge in [0.05, 0.1) is 5.56 Å². The van der Waals surface area contributed by atoms with Gasteiger partial charge in [-0.25, -0.2) is 0 Å². The fraction of sp³-hybridized carbons (Fsp3) is 0.0833. The molecule has 1 heterocycles. The minimum Gasteiger partial charge on any atom is -0.508 e. The third-order valence-corrected chi connectivity index (χ3v) is 2.99. The number of phenols is 1. The van der Waals surface area contributed by atoms with E-state index in [-0.39, 0.29) is 11.7 Å². The Morgan fingerprint density at radius 1 is 1.25 bits per heavy atom. The number of carbonyl (C=O) groups excluding carboxylic acids is 1. The van der Waals surface area contributed by atoms with Gasteiger partial charge in [0.1, 0.15) is 5.75 Å². The van der Waals surface area contributed by atoms with Crippen LogP contribution in [0, 0.1) is 0 Å². The highest BCUT2D eigenvalue weighted by atomic mass is 32.1. The van der Waals surface area contributed by atoms with Crippen molar-refractivity contribution in [2.24, 2.45) is 0 Å². The maximum Gasteiger partial charge on any atom is 0.258 e. The fourth-order valence-electron chi connectivity index (χ4n) is 1.37. The highest BCUT2D eigenvalue weighted by molar-refractivity contribution is 7.08. The van der Waals surface area contributed by atoms with Crippen LogP contribution in [0.5, 0.6) is 5.75 Å². The van der Waals surface area contributed by atoms with E-state index in [2.05, 4.69) is 0 Å². The van der Waals surface area contributed by atoms with Crippen LogP contribution in [-0.2, 0) is 0 Å². The molecule has 0 saturated heterocycles. The summed E-state index contributed by atoms with van der Waals surface area (Å²) in [5.74, 6) is 0.145.